The number of hydrogen-bond acceptors (Lipinski definition) is 3. The van der Waals surface area contributed by atoms with Crippen molar-refractivity contribution in [2.24, 2.45) is 11.3 Å². The van der Waals surface area contributed by atoms with E-state index >= 15 is 0 Å². The smallest absolute Gasteiger partial charge is 0.305 e. The monoisotopic (exact) mass is 256 g/mol. The maximum atomic E-state index is 12.5. The summed E-state index contributed by atoms with van der Waals surface area (Å²) in [4.78, 5) is 23.2. The summed E-state index contributed by atoms with van der Waals surface area (Å²) >= 11 is 0. The first kappa shape index (κ1) is 15.0. The number of amides is 1. The average molecular weight is 256 g/mol. The lowest BCUT2D eigenvalue weighted by Crippen LogP contribution is -2.54. The molecule has 0 aromatic carbocycles. The van der Waals surface area contributed by atoms with Gasteiger partial charge in [0.05, 0.1) is 11.8 Å². The molecule has 3 N–H and O–H groups in total. The first-order chi connectivity index (χ1) is 8.19. The molecule has 18 heavy (non-hydrogen) atoms. The van der Waals surface area contributed by atoms with Gasteiger partial charge >= 0.3 is 5.97 Å². The van der Waals surface area contributed by atoms with Gasteiger partial charge in [-0.3, -0.25) is 9.59 Å². The van der Waals surface area contributed by atoms with Crippen LogP contribution in [0.5, 0.6) is 0 Å². The highest BCUT2D eigenvalue weighted by Crippen LogP contribution is 2.35. The maximum absolute atomic E-state index is 12.5. The normalized spacial score (nSPS) is 24.3. The van der Waals surface area contributed by atoms with Gasteiger partial charge in [-0.1, -0.05) is 13.8 Å². The third-order valence-electron chi connectivity index (χ3n) is 3.79. The molecule has 0 radical (unpaired) electrons. The summed E-state index contributed by atoms with van der Waals surface area (Å²) in [5, 5.41) is 15.0. The van der Waals surface area contributed by atoms with Gasteiger partial charge < -0.3 is 15.7 Å². The van der Waals surface area contributed by atoms with E-state index in [9.17, 15) is 9.59 Å². The molecule has 1 rings (SSSR count). The van der Waals surface area contributed by atoms with Crippen LogP contribution in [0.4, 0.5) is 0 Å². The molecular formula is C13H24N2O3. The number of aliphatic carboxylic acids is 1. The molecule has 5 nitrogen and oxygen atoms in total. The Morgan fingerprint density at radius 1 is 1.44 bits per heavy atom. The minimum Gasteiger partial charge on any atom is -0.481 e. The van der Waals surface area contributed by atoms with Crippen LogP contribution in [0.1, 0.15) is 40.5 Å². The van der Waals surface area contributed by atoms with Crippen molar-refractivity contribution in [3.05, 3.63) is 0 Å². The number of carboxylic acids is 1. The van der Waals surface area contributed by atoms with Crippen molar-refractivity contribution < 1.29 is 14.7 Å². The van der Waals surface area contributed by atoms with Crippen LogP contribution in [-0.2, 0) is 9.59 Å². The van der Waals surface area contributed by atoms with Gasteiger partial charge in [0, 0.05) is 12.1 Å². The van der Waals surface area contributed by atoms with Crippen LogP contribution in [0.3, 0.4) is 0 Å². The molecule has 1 unspecified atom stereocenters. The third kappa shape index (κ3) is 3.22. The highest BCUT2D eigenvalue weighted by Gasteiger charge is 2.45. The molecule has 0 spiro atoms. The van der Waals surface area contributed by atoms with E-state index in [0.29, 0.717) is 6.54 Å². The van der Waals surface area contributed by atoms with Crippen LogP contribution in [0.15, 0.2) is 0 Å². The molecule has 1 aliphatic rings. The van der Waals surface area contributed by atoms with Crippen molar-refractivity contribution >= 4 is 11.9 Å². The van der Waals surface area contributed by atoms with E-state index in [2.05, 4.69) is 10.6 Å². The van der Waals surface area contributed by atoms with Gasteiger partial charge in [-0.15, -0.1) is 0 Å². The van der Waals surface area contributed by atoms with E-state index in [1.54, 1.807) is 13.8 Å². The minimum absolute atomic E-state index is 0.0336. The third-order valence-corrected chi connectivity index (χ3v) is 3.79. The zero-order valence-corrected chi connectivity index (χ0v) is 11.7. The van der Waals surface area contributed by atoms with Crippen LogP contribution in [0.25, 0.3) is 0 Å². The molecule has 1 heterocycles. The Labute approximate surface area is 108 Å². The summed E-state index contributed by atoms with van der Waals surface area (Å²) in [5.41, 5.74) is -1.12. The predicted octanol–water partition coefficient (Wildman–Crippen LogP) is 0.992. The van der Waals surface area contributed by atoms with Crippen LogP contribution in [-0.4, -0.2) is 35.6 Å². The Morgan fingerprint density at radius 2 is 2.06 bits per heavy atom. The lowest BCUT2D eigenvalue weighted by molar-refractivity contribution is -0.140. The molecule has 0 bridgehead atoms. The van der Waals surface area contributed by atoms with Gasteiger partial charge in [0.15, 0.2) is 0 Å². The van der Waals surface area contributed by atoms with Gasteiger partial charge in [-0.05, 0) is 32.7 Å². The Bertz CT molecular complexity index is 331. The largest absolute Gasteiger partial charge is 0.481 e. The van der Waals surface area contributed by atoms with Crippen molar-refractivity contribution in [2.75, 3.05) is 13.1 Å². The summed E-state index contributed by atoms with van der Waals surface area (Å²) in [6.45, 7) is 9.07. The highest BCUT2D eigenvalue weighted by molar-refractivity contribution is 5.85. The van der Waals surface area contributed by atoms with Gasteiger partial charge in [-0.2, -0.15) is 0 Å². The summed E-state index contributed by atoms with van der Waals surface area (Å²) < 4.78 is 0. The molecule has 1 amide bonds. The molecule has 104 valence electrons. The SMILES string of the molecule is CC(C)C1(C(=O)NC(C)(C)CC(=O)O)CCNC1. The summed E-state index contributed by atoms with van der Waals surface area (Å²) in [7, 11) is 0. The van der Waals surface area contributed by atoms with Crippen LogP contribution in [0, 0.1) is 11.3 Å². The Morgan fingerprint density at radius 3 is 2.44 bits per heavy atom. The van der Waals surface area contributed by atoms with E-state index in [1.807, 2.05) is 13.8 Å². The Kier molecular flexibility index (Phi) is 4.37. The second-order valence-electron chi connectivity index (χ2n) is 6.15. The molecule has 1 saturated heterocycles. The van der Waals surface area contributed by atoms with E-state index in [0.717, 1.165) is 13.0 Å². The van der Waals surface area contributed by atoms with E-state index in [1.165, 1.54) is 0 Å². The molecule has 5 heteroatoms. The summed E-state index contributed by atoms with van der Waals surface area (Å²) in [6, 6.07) is 0. The number of carboxylic acid groups (broad SMARTS) is 1. The molecule has 0 aliphatic carbocycles. The van der Waals surface area contributed by atoms with E-state index in [4.69, 9.17) is 5.11 Å². The topological polar surface area (TPSA) is 78.4 Å². The summed E-state index contributed by atoms with van der Waals surface area (Å²) in [5.74, 6) is -0.703. The van der Waals surface area contributed by atoms with Crippen molar-refractivity contribution in [2.45, 2.75) is 46.1 Å². The van der Waals surface area contributed by atoms with Gasteiger partial charge in [0.25, 0.3) is 0 Å². The Balaban J connectivity index is 2.77. The van der Waals surface area contributed by atoms with Crippen LogP contribution in [0.2, 0.25) is 0 Å². The molecule has 1 atom stereocenters. The fourth-order valence-corrected chi connectivity index (χ4v) is 2.51. The number of carbonyl (C=O) groups excluding carboxylic acids is 1. The molecule has 0 aromatic rings. The number of nitrogens with one attached hydrogen (secondary N) is 2. The molecule has 1 aliphatic heterocycles. The zero-order valence-electron chi connectivity index (χ0n) is 11.7. The number of rotatable bonds is 5. The van der Waals surface area contributed by atoms with Crippen molar-refractivity contribution in [1.29, 1.82) is 0 Å². The first-order valence-corrected chi connectivity index (χ1v) is 6.45. The lowest BCUT2D eigenvalue weighted by atomic mass is 9.75. The first-order valence-electron chi connectivity index (χ1n) is 6.45. The van der Waals surface area contributed by atoms with E-state index < -0.39 is 16.9 Å². The zero-order chi connectivity index (χ0) is 14.0. The highest BCUT2D eigenvalue weighted by atomic mass is 16.4. The minimum atomic E-state index is -0.900. The predicted molar refractivity (Wildman–Crippen MR) is 69.2 cm³/mol. The fourth-order valence-electron chi connectivity index (χ4n) is 2.51. The molecule has 0 saturated carbocycles. The van der Waals surface area contributed by atoms with Crippen molar-refractivity contribution in [3.63, 3.8) is 0 Å². The van der Waals surface area contributed by atoms with Gasteiger partial charge in [0.2, 0.25) is 5.91 Å². The average Bonchev–Trinajstić information content (AvgIpc) is 2.63. The number of hydrogen-bond donors (Lipinski definition) is 3. The van der Waals surface area contributed by atoms with E-state index in [-0.39, 0.29) is 18.2 Å². The maximum Gasteiger partial charge on any atom is 0.305 e. The lowest BCUT2D eigenvalue weighted by Gasteiger charge is -2.35. The molecule has 1 fully saturated rings. The van der Waals surface area contributed by atoms with Crippen LogP contribution < -0.4 is 10.6 Å². The molecule has 0 aromatic heterocycles. The van der Waals surface area contributed by atoms with Gasteiger partial charge in [-0.25, -0.2) is 0 Å². The number of carbonyl (C=O) groups is 2. The quantitative estimate of drug-likeness (QED) is 0.685. The second kappa shape index (κ2) is 5.26. The second-order valence-corrected chi connectivity index (χ2v) is 6.15. The van der Waals surface area contributed by atoms with Crippen molar-refractivity contribution in [3.8, 4) is 0 Å². The summed E-state index contributed by atoms with van der Waals surface area (Å²) in [6.07, 6.45) is 0.736. The standard InChI is InChI=1S/C13H24N2O3/c1-9(2)13(5-6-14-8-13)11(18)15-12(3,4)7-10(16)17/h9,14H,5-8H2,1-4H3,(H,15,18)(H,16,17). The molecular weight excluding hydrogens is 232 g/mol. The Hall–Kier alpha value is -1.10. The van der Waals surface area contributed by atoms with Crippen molar-refractivity contribution in [1.82, 2.24) is 10.6 Å². The fraction of sp³-hybridized carbons (Fsp3) is 0.846. The van der Waals surface area contributed by atoms with Gasteiger partial charge in [0.1, 0.15) is 0 Å². The van der Waals surface area contributed by atoms with Crippen LogP contribution >= 0.6 is 0 Å².